The number of hydrogen-bond acceptors (Lipinski definition) is 0. The molecule has 0 N–H and O–H groups in total. The van der Waals surface area contributed by atoms with Crippen molar-refractivity contribution in [3.05, 3.63) is 102 Å². The average Bonchev–Trinajstić information content (AvgIpc) is 2.64. The van der Waals surface area contributed by atoms with Gasteiger partial charge in [-0.2, -0.15) is 0 Å². The van der Waals surface area contributed by atoms with E-state index in [1.807, 2.05) is 0 Å². The van der Waals surface area contributed by atoms with Gasteiger partial charge in [-0.3, -0.25) is 0 Å². The Balaban J connectivity index is 2.17. The molecular formula is C25H28P+. The van der Waals surface area contributed by atoms with Gasteiger partial charge < -0.3 is 0 Å². The van der Waals surface area contributed by atoms with E-state index in [1.54, 1.807) is 5.30 Å². The predicted octanol–water partition coefficient (Wildman–Crippen LogP) is 6.45. The van der Waals surface area contributed by atoms with E-state index in [-0.39, 0.29) is 5.16 Å². The van der Waals surface area contributed by atoms with E-state index in [1.165, 1.54) is 16.7 Å². The van der Waals surface area contributed by atoms with Crippen molar-refractivity contribution in [2.24, 2.45) is 0 Å². The van der Waals surface area contributed by atoms with Crippen molar-refractivity contribution in [2.45, 2.75) is 44.2 Å². The highest BCUT2D eigenvalue weighted by Gasteiger charge is 2.74. The van der Waals surface area contributed by atoms with Crippen LogP contribution in [0.3, 0.4) is 0 Å². The van der Waals surface area contributed by atoms with E-state index in [4.69, 9.17) is 0 Å². The molecule has 3 aromatic rings. The summed E-state index contributed by atoms with van der Waals surface area (Å²) in [5.41, 5.74) is 5.71. The predicted molar refractivity (Wildman–Crippen MR) is 116 cm³/mol. The summed E-state index contributed by atoms with van der Waals surface area (Å²) in [6, 6.07) is 31.7. The summed E-state index contributed by atoms with van der Waals surface area (Å²) in [7, 11) is -1.49. The highest BCUT2D eigenvalue weighted by molar-refractivity contribution is 7.87. The van der Waals surface area contributed by atoms with Crippen LogP contribution in [0.1, 0.15) is 44.4 Å². The summed E-state index contributed by atoms with van der Waals surface area (Å²) in [6.07, 6.45) is 0. The molecule has 0 bridgehead atoms. The minimum atomic E-state index is -1.49. The van der Waals surface area contributed by atoms with Crippen LogP contribution in [0.25, 0.3) is 0 Å². The lowest BCUT2D eigenvalue weighted by Gasteiger charge is -2.58. The summed E-state index contributed by atoms with van der Waals surface area (Å²) in [5.74, 6) is 0. The number of rotatable bonds is 4. The first-order valence-electron chi connectivity index (χ1n) is 9.67. The van der Waals surface area contributed by atoms with Crippen LogP contribution in [0.2, 0.25) is 0 Å². The van der Waals surface area contributed by atoms with Gasteiger partial charge in [-0.1, -0.05) is 78.9 Å². The normalized spacial score (nSPS) is 17.0. The van der Waals surface area contributed by atoms with E-state index in [0.29, 0.717) is 11.3 Å². The van der Waals surface area contributed by atoms with Gasteiger partial charge in [-0.15, -0.1) is 0 Å². The molecule has 132 valence electrons. The van der Waals surface area contributed by atoms with Crippen LogP contribution in [0.5, 0.6) is 0 Å². The topological polar surface area (TPSA) is 0 Å². The second-order valence-electron chi connectivity index (χ2n) is 7.92. The molecular weight excluding hydrogens is 331 g/mol. The summed E-state index contributed by atoms with van der Waals surface area (Å²) < 4.78 is 0. The number of benzene rings is 3. The molecule has 1 heterocycles. The fourth-order valence-corrected chi connectivity index (χ4v) is 12.4. The molecule has 0 saturated heterocycles. The summed E-state index contributed by atoms with van der Waals surface area (Å²) in [4.78, 5) is 0. The van der Waals surface area contributed by atoms with Crippen molar-refractivity contribution in [1.29, 1.82) is 0 Å². The first kappa shape index (κ1) is 17.5. The molecule has 0 aromatic heterocycles. The Morgan fingerprint density at radius 3 is 1.46 bits per heavy atom. The van der Waals surface area contributed by atoms with Crippen molar-refractivity contribution in [1.82, 2.24) is 0 Å². The third kappa shape index (κ3) is 2.00. The van der Waals surface area contributed by atoms with E-state index in [2.05, 4.69) is 113 Å². The first-order valence-corrected chi connectivity index (χ1v) is 11.6. The van der Waals surface area contributed by atoms with Crippen LogP contribution in [-0.4, -0.2) is 11.3 Å². The first-order chi connectivity index (χ1) is 12.6. The molecule has 1 aliphatic rings. The van der Waals surface area contributed by atoms with Crippen molar-refractivity contribution >= 4 is 12.6 Å². The monoisotopic (exact) mass is 359 g/mol. The maximum absolute atomic E-state index is 2.45. The maximum atomic E-state index is 2.45. The van der Waals surface area contributed by atoms with E-state index < -0.39 is 7.26 Å². The molecule has 1 heteroatoms. The maximum Gasteiger partial charge on any atom is 0.163 e. The van der Waals surface area contributed by atoms with Gasteiger partial charge in [0.05, 0.1) is 18.6 Å². The Morgan fingerprint density at radius 1 is 0.577 bits per heavy atom. The zero-order valence-electron chi connectivity index (χ0n) is 16.2. The van der Waals surface area contributed by atoms with Gasteiger partial charge in [-0.05, 0) is 33.8 Å². The van der Waals surface area contributed by atoms with Gasteiger partial charge in [0.25, 0.3) is 0 Å². The molecule has 0 unspecified atom stereocenters. The molecule has 0 nitrogen and oxygen atoms in total. The lowest BCUT2D eigenvalue weighted by Crippen LogP contribution is -2.55. The smallest absolute Gasteiger partial charge is 0.0622 e. The van der Waals surface area contributed by atoms with Gasteiger partial charge in [0.1, 0.15) is 5.30 Å². The highest BCUT2D eigenvalue weighted by atomic mass is 31.2. The molecule has 0 saturated carbocycles. The largest absolute Gasteiger partial charge is 0.163 e. The summed E-state index contributed by atoms with van der Waals surface area (Å²) >= 11 is 0. The summed E-state index contributed by atoms with van der Waals surface area (Å²) in [6.45, 7) is 9.80. The molecule has 4 rings (SSSR count). The van der Waals surface area contributed by atoms with Crippen LogP contribution >= 0.6 is 7.26 Å². The Bertz CT molecular complexity index is 846. The molecule has 0 aliphatic carbocycles. The molecule has 0 fully saturated rings. The van der Waals surface area contributed by atoms with Crippen LogP contribution < -0.4 is 5.30 Å². The zero-order valence-corrected chi connectivity index (χ0v) is 17.1. The third-order valence-corrected chi connectivity index (χ3v) is 12.6. The fraction of sp³-hybridized carbons (Fsp3) is 0.280. The third-order valence-electron chi connectivity index (χ3n) is 6.26. The molecule has 0 amide bonds. The van der Waals surface area contributed by atoms with E-state index in [0.717, 1.165) is 0 Å². The molecule has 3 aromatic carbocycles. The molecule has 0 spiro atoms. The van der Waals surface area contributed by atoms with Gasteiger partial charge in [-0.25, -0.2) is 0 Å². The standard InChI is InChI=1S/C25H28P/c1-19(2)26(20(3)4)24-18-12-11-17-23(24)25(26,21-13-7-5-8-14-21)22-15-9-6-10-16-22/h5-20H,1-4H3/q+1. The molecule has 0 atom stereocenters. The number of fused-ring (bicyclic) bond motifs is 1. The van der Waals surface area contributed by atoms with Crippen molar-refractivity contribution in [2.75, 3.05) is 0 Å². The molecule has 1 aliphatic heterocycles. The number of hydrogen-bond donors (Lipinski definition) is 0. The van der Waals surface area contributed by atoms with Crippen molar-refractivity contribution in [3.8, 4) is 0 Å². The van der Waals surface area contributed by atoms with Gasteiger partial charge in [0.2, 0.25) is 0 Å². The Kier molecular flexibility index (Phi) is 4.28. The minimum Gasteiger partial charge on any atom is -0.0622 e. The molecule has 0 radical (unpaired) electrons. The van der Waals surface area contributed by atoms with E-state index >= 15 is 0 Å². The Labute approximate surface area is 158 Å². The van der Waals surface area contributed by atoms with Crippen LogP contribution in [0.15, 0.2) is 84.9 Å². The van der Waals surface area contributed by atoms with Crippen LogP contribution in [-0.2, 0) is 5.16 Å². The zero-order chi connectivity index (χ0) is 18.4. The highest BCUT2D eigenvalue weighted by Crippen LogP contribution is 2.87. The lowest BCUT2D eigenvalue weighted by atomic mass is 9.82. The summed E-state index contributed by atoms with van der Waals surface area (Å²) in [5, 5.41) is 1.65. The fourth-order valence-electron chi connectivity index (χ4n) is 5.62. The lowest BCUT2D eigenvalue weighted by molar-refractivity contribution is 0.786. The van der Waals surface area contributed by atoms with Crippen LogP contribution in [0, 0.1) is 0 Å². The molecule has 26 heavy (non-hydrogen) atoms. The van der Waals surface area contributed by atoms with E-state index in [9.17, 15) is 0 Å². The van der Waals surface area contributed by atoms with Gasteiger partial charge in [0.15, 0.2) is 5.16 Å². The Morgan fingerprint density at radius 2 is 1.00 bits per heavy atom. The second kappa shape index (κ2) is 6.36. The van der Waals surface area contributed by atoms with Gasteiger partial charge in [0, 0.05) is 16.7 Å². The quantitative estimate of drug-likeness (QED) is 0.469. The average molecular weight is 359 g/mol. The van der Waals surface area contributed by atoms with Crippen molar-refractivity contribution < 1.29 is 0 Å². The SMILES string of the molecule is CC(C)[P+]1(C(C)C)c2ccccc2C1(c1ccccc1)c1ccccc1. The Hall–Kier alpha value is -1.91. The van der Waals surface area contributed by atoms with Crippen molar-refractivity contribution in [3.63, 3.8) is 0 Å². The minimum absolute atomic E-state index is 0.00838. The van der Waals surface area contributed by atoms with Crippen LogP contribution in [0.4, 0.5) is 0 Å². The second-order valence-corrected chi connectivity index (χ2v) is 12.7. The van der Waals surface area contributed by atoms with Gasteiger partial charge >= 0.3 is 0 Å².